The number of ether oxygens (including phenoxy) is 3. The summed E-state index contributed by atoms with van der Waals surface area (Å²) >= 11 is 0. The molecule has 248 valence electrons. The smallest absolute Gasteiger partial charge is 0.251 e. The first-order valence-electron chi connectivity index (χ1n) is 16.3. The second kappa shape index (κ2) is 14.4. The van der Waals surface area contributed by atoms with Crippen LogP contribution in [0.1, 0.15) is 50.7 Å². The van der Waals surface area contributed by atoms with E-state index >= 15 is 0 Å². The van der Waals surface area contributed by atoms with Gasteiger partial charge < -0.3 is 23.9 Å². The molecule has 0 radical (unpaired) electrons. The molecule has 0 spiro atoms. The summed E-state index contributed by atoms with van der Waals surface area (Å²) in [6.07, 6.45) is 4.29. The number of rotatable bonds is 11. The minimum absolute atomic E-state index is 0.107. The zero-order valence-corrected chi connectivity index (χ0v) is 28.0. The van der Waals surface area contributed by atoms with Gasteiger partial charge in [0.05, 0.1) is 17.3 Å². The number of nitrogens with one attached hydrogen (secondary N) is 1. The highest BCUT2D eigenvalue weighted by molar-refractivity contribution is 7.91. The number of amides is 1. The van der Waals surface area contributed by atoms with Crippen molar-refractivity contribution in [2.24, 2.45) is 0 Å². The summed E-state index contributed by atoms with van der Waals surface area (Å²) in [6, 6.07) is 21.0. The summed E-state index contributed by atoms with van der Waals surface area (Å²) in [5.41, 5.74) is 3.93. The van der Waals surface area contributed by atoms with E-state index in [0.29, 0.717) is 52.1 Å². The quantitative estimate of drug-likeness (QED) is 0.171. The van der Waals surface area contributed by atoms with Crippen LogP contribution in [-0.2, 0) is 30.7 Å². The number of fused-ring (bicyclic) bond motifs is 2. The molecule has 0 saturated carbocycles. The molecular formula is C37H42N2O7S. The summed E-state index contributed by atoms with van der Waals surface area (Å²) < 4.78 is 49.9. The van der Waals surface area contributed by atoms with Crippen LogP contribution in [0.4, 0.5) is 5.69 Å². The van der Waals surface area contributed by atoms with Crippen LogP contribution in [0.2, 0.25) is 0 Å². The molecule has 3 aromatic carbocycles. The molecule has 0 bridgehead atoms. The second-order valence-electron chi connectivity index (χ2n) is 12.2. The Morgan fingerprint density at radius 3 is 2.62 bits per heavy atom. The van der Waals surface area contributed by atoms with Crippen molar-refractivity contribution in [3.63, 3.8) is 0 Å². The minimum Gasteiger partial charge on any atom is -0.461 e. The molecule has 47 heavy (non-hydrogen) atoms. The number of carbonyl (C=O) groups excluding carboxylic acids is 1. The average molecular weight is 659 g/mol. The Morgan fingerprint density at radius 2 is 1.85 bits per heavy atom. The van der Waals surface area contributed by atoms with Gasteiger partial charge in [0.15, 0.2) is 27.5 Å². The monoisotopic (exact) mass is 658 g/mol. The molecule has 1 atom stereocenters. The van der Waals surface area contributed by atoms with Crippen LogP contribution in [0.15, 0.2) is 81.6 Å². The summed E-state index contributed by atoms with van der Waals surface area (Å²) in [4.78, 5) is 16.0. The maximum Gasteiger partial charge on any atom is 0.251 e. The van der Waals surface area contributed by atoms with E-state index in [4.69, 9.17) is 18.6 Å². The van der Waals surface area contributed by atoms with Gasteiger partial charge in [-0.05, 0) is 99.3 Å². The van der Waals surface area contributed by atoms with E-state index in [0.717, 1.165) is 50.0 Å². The first kappa shape index (κ1) is 33.0. The van der Waals surface area contributed by atoms with Crippen molar-refractivity contribution in [1.29, 1.82) is 0 Å². The lowest BCUT2D eigenvalue weighted by Gasteiger charge is -2.31. The number of benzene rings is 3. The standard InChI is InChI=1S/C37H42N2O7S/c1-4-17-44-25(2)45-33-7-5-6-28-23-34(46-36(28)33)27-10-13-35-30(21-27)22-29(16-20-47(35,41)42)37(40)38-31-11-8-26(9-12-31)24-39(3)32-14-18-43-19-15-32/h5-13,21-23,25,32H,4,14-20,24H2,1-3H3,(H,38,40). The van der Waals surface area contributed by atoms with Crippen LogP contribution >= 0.6 is 0 Å². The van der Waals surface area contributed by atoms with Crippen molar-refractivity contribution >= 4 is 38.5 Å². The van der Waals surface area contributed by atoms with Crippen LogP contribution in [0.3, 0.4) is 0 Å². The molecule has 3 heterocycles. The summed E-state index contributed by atoms with van der Waals surface area (Å²) in [6.45, 7) is 6.88. The van der Waals surface area contributed by atoms with E-state index in [2.05, 4.69) is 17.3 Å². The zero-order valence-electron chi connectivity index (χ0n) is 27.2. The second-order valence-corrected chi connectivity index (χ2v) is 14.3. The fourth-order valence-electron chi connectivity index (χ4n) is 6.11. The first-order valence-corrected chi connectivity index (χ1v) is 17.9. The maximum absolute atomic E-state index is 13.4. The van der Waals surface area contributed by atoms with Gasteiger partial charge in [0, 0.05) is 48.0 Å². The number of hydrogen-bond acceptors (Lipinski definition) is 8. The Labute approximate surface area is 276 Å². The van der Waals surface area contributed by atoms with E-state index < -0.39 is 16.1 Å². The van der Waals surface area contributed by atoms with E-state index in [1.807, 2.05) is 62.4 Å². The fourth-order valence-corrected chi connectivity index (χ4v) is 7.57. The van der Waals surface area contributed by atoms with Gasteiger partial charge >= 0.3 is 0 Å². The van der Waals surface area contributed by atoms with Crippen molar-refractivity contribution in [3.8, 4) is 17.1 Å². The fraction of sp³-hybridized carbons (Fsp3) is 0.378. The van der Waals surface area contributed by atoms with E-state index in [9.17, 15) is 13.2 Å². The number of para-hydroxylation sites is 1. The highest BCUT2D eigenvalue weighted by atomic mass is 32.2. The Balaban J connectivity index is 1.20. The van der Waals surface area contributed by atoms with Crippen molar-refractivity contribution in [2.75, 3.05) is 37.9 Å². The van der Waals surface area contributed by atoms with Gasteiger partial charge in [0.25, 0.3) is 5.91 Å². The number of sulfone groups is 1. The van der Waals surface area contributed by atoms with Crippen LogP contribution in [0, 0.1) is 0 Å². The number of carbonyl (C=O) groups is 1. The predicted molar refractivity (Wildman–Crippen MR) is 183 cm³/mol. The van der Waals surface area contributed by atoms with Gasteiger partial charge in [-0.1, -0.05) is 31.2 Å². The lowest BCUT2D eigenvalue weighted by Crippen LogP contribution is -2.36. The Morgan fingerprint density at radius 1 is 1.06 bits per heavy atom. The lowest BCUT2D eigenvalue weighted by atomic mass is 10.0. The van der Waals surface area contributed by atoms with Gasteiger partial charge in [-0.25, -0.2) is 8.42 Å². The van der Waals surface area contributed by atoms with Crippen molar-refractivity contribution in [3.05, 3.63) is 83.4 Å². The van der Waals surface area contributed by atoms with Gasteiger partial charge in [-0.3, -0.25) is 9.69 Å². The molecule has 1 saturated heterocycles. The van der Waals surface area contributed by atoms with E-state index in [1.54, 1.807) is 24.3 Å². The molecule has 4 aromatic rings. The molecule has 2 aliphatic heterocycles. The summed E-state index contributed by atoms with van der Waals surface area (Å²) in [7, 11) is -1.47. The molecule has 0 aliphatic carbocycles. The number of anilines is 1. The van der Waals surface area contributed by atoms with Gasteiger partial charge in [0.1, 0.15) is 5.76 Å². The van der Waals surface area contributed by atoms with E-state index in [-0.39, 0.29) is 23.0 Å². The highest BCUT2D eigenvalue weighted by Gasteiger charge is 2.26. The number of furan rings is 1. The van der Waals surface area contributed by atoms with Crippen LogP contribution in [-0.4, -0.2) is 64.2 Å². The molecule has 1 N–H and O–H groups in total. The molecule has 1 fully saturated rings. The van der Waals surface area contributed by atoms with Gasteiger partial charge in [-0.15, -0.1) is 0 Å². The summed E-state index contributed by atoms with van der Waals surface area (Å²) in [5, 5.41) is 3.81. The Kier molecular flexibility index (Phi) is 10.1. The van der Waals surface area contributed by atoms with E-state index in [1.165, 1.54) is 0 Å². The van der Waals surface area contributed by atoms with Crippen molar-refractivity contribution < 1.29 is 31.8 Å². The molecule has 9 nitrogen and oxygen atoms in total. The van der Waals surface area contributed by atoms with Crippen molar-refractivity contribution in [2.45, 2.75) is 63.3 Å². The van der Waals surface area contributed by atoms with Gasteiger partial charge in [-0.2, -0.15) is 0 Å². The van der Waals surface area contributed by atoms with Crippen LogP contribution in [0.25, 0.3) is 28.4 Å². The molecule has 10 heteroatoms. The molecule has 1 aromatic heterocycles. The van der Waals surface area contributed by atoms with Crippen LogP contribution < -0.4 is 10.1 Å². The maximum atomic E-state index is 13.4. The first-order chi connectivity index (χ1) is 22.7. The number of nitrogens with zero attached hydrogens (tertiary/aromatic N) is 1. The third-order valence-corrected chi connectivity index (χ3v) is 10.5. The zero-order chi connectivity index (χ0) is 33.0. The van der Waals surface area contributed by atoms with Crippen molar-refractivity contribution in [1.82, 2.24) is 4.90 Å². The van der Waals surface area contributed by atoms with Gasteiger partial charge in [0.2, 0.25) is 0 Å². The SMILES string of the molecule is CCCOC(C)Oc1cccc2cc(-c3ccc4c(c3)C=C(C(=O)Nc3ccc(CN(C)C5CCOCC5)cc3)CCS4(=O)=O)oc12. The molecule has 1 amide bonds. The highest BCUT2D eigenvalue weighted by Crippen LogP contribution is 2.36. The third-order valence-electron chi connectivity index (χ3n) is 8.71. The molecule has 2 aliphatic rings. The minimum atomic E-state index is -3.61. The number of hydrogen-bond donors (Lipinski definition) is 1. The molecule has 6 rings (SSSR count). The normalized spacial score (nSPS) is 17.1. The third kappa shape index (κ3) is 7.79. The molecule has 1 unspecified atom stereocenters. The Bertz CT molecular complexity index is 1860. The largest absolute Gasteiger partial charge is 0.461 e. The molecular weight excluding hydrogens is 616 g/mol. The Hall–Kier alpha value is -3.96. The van der Waals surface area contributed by atoms with Crippen LogP contribution in [0.5, 0.6) is 5.75 Å². The topological polar surface area (TPSA) is 107 Å². The lowest BCUT2D eigenvalue weighted by molar-refractivity contribution is -0.112. The summed E-state index contributed by atoms with van der Waals surface area (Å²) in [5.74, 6) is 0.646. The average Bonchev–Trinajstić information content (AvgIpc) is 3.47. The predicted octanol–water partition coefficient (Wildman–Crippen LogP) is 7.06.